The molecule has 1 aliphatic rings. The molecule has 1 aliphatic heterocycles. The average molecular weight is 294 g/mol. The Morgan fingerprint density at radius 1 is 1.18 bits per heavy atom. The van der Waals surface area contributed by atoms with Crippen LogP contribution in [-0.4, -0.2) is 27.2 Å². The molecule has 4 rings (SSSR count). The zero-order valence-electron chi connectivity index (χ0n) is 12.3. The first-order valence-electron chi connectivity index (χ1n) is 7.65. The van der Waals surface area contributed by atoms with Crippen LogP contribution in [0.1, 0.15) is 18.0 Å². The molecule has 0 unspecified atom stereocenters. The number of benzene rings is 1. The number of nitrogens with zero attached hydrogens (tertiary/aromatic N) is 3. The number of rotatable bonds is 3. The minimum absolute atomic E-state index is 0.0336. The van der Waals surface area contributed by atoms with Gasteiger partial charge in [0.2, 0.25) is 0 Å². The van der Waals surface area contributed by atoms with Crippen molar-refractivity contribution in [3.63, 3.8) is 0 Å². The van der Waals surface area contributed by atoms with Gasteiger partial charge in [-0.3, -0.25) is 9.13 Å². The van der Waals surface area contributed by atoms with Crippen LogP contribution in [0.5, 0.6) is 0 Å². The Morgan fingerprint density at radius 3 is 2.82 bits per heavy atom. The lowest BCUT2D eigenvalue weighted by Gasteiger charge is -2.09. The molecule has 22 heavy (non-hydrogen) atoms. The Kier molecular flexibility index (Phi) is 3.27. The van der Waals surface area contributed by atoms with Crippen LogP contribution < -0.4 is 11.0 Å². The van der Waals surface area contributed by atoms with Gasteiger partial charge in [-0.2, -0.15) is 0 Å². The van der Waals surface area contributed by atoms with Crippen molar-refractivity contribution in [1.82, 2.24) is 19.4 Å². The molecular weight excluding hydrogens is 276 g/mol. The Hall–Kier alpha value is -2.40. The maximum atomic E-state index is 12.9. The fraction of sp³-hybridized carbons (Fsp3) is 0.294. The molecule has 0 spiro atoms. The summed E-state index contributed by atoms with van der Waals surface area (Å²) in [5.74, 6) is 0. The maximum absolute atomic E-state index is 12.9. The van der Waals surface area contributed by atoms with Crippen molar-refractivity contribution in [3.05, 3.63) is 64.7 Å². The first-order chi connectivity index (χ1) is 10.8. The van der Waals surface area contributed by atoms with Gasteiger partial charge < -0.3 is 5.32 Å². The lowest BCUT2D eigenvalue weighted by Crippen LogP contribution is -2.29. The minimum atomic E-state index is 0.0336. The van der Waals surface area contributed by atoms with Gasteiger partial charge in [0.15, 0.2) is 5.65 Å². The number of fused-ring (bicyclic) bond motifs is 1. The molecule has 1 atom stereocenters. The van der Waals surface area contributed by atoms with Crippen LogP contribution >= 0.6 is 0 Å². The zero-order chi connectivity index (χ0) is 14.9. The van der Waals surface area contributed by atoms with Gasteiger partial charge in [-0.15, -0.1) is 0 Å². The van der Waals surface area contributed by atoms with Crippen LogP contribution in [0.4, 0.5) is 0 Å². The minimum Gasteiger partial charge on any atom is -0.315 e. The molecule has 5 nitrogen and oxygen atoms in total. The van der Waals surface area contributed by atoms with Crippen LogP contribution in [0, 0.1) is 0 Å². The summed E-state index contributed by atoms with van der Waals surface area (Å²) in [4.78, 5) is 17.4. The number of imidazole rings is 1. The molecule has 3 heterocycles. The maximum Gasteiger partial charge on any atom is 0.330 e. The summed E-state index contributed by atoms with van der Waals surface area (Å²) in [7, 11) is 0. The van der Waals surface area contributed by atoms with E-state index in [2.05, 4.69) is 10.3 Å². The van der Waals surface area contributed by atoms with Crippen molar-refractivity contribution in [2.45, 2.75) is 19.0 Å². The predicted octanol–water partition coefficient (Wildman–Crippen LogP) is 1.78. The molecular formula is C17H18N4O. The molecule has 3 aromatic rings. The fourth-order valence-electron chi connectivity index (χ4n) is 3.22. The van der Waals surface area contributed by atoms with Gasteiger partial charge in [-0.05, 0) is 30.7 Å². The van der Waals surface area contributed by atoms with Crippen LogP contribution in [-0.2, 0) is 6.54 Å². The SMILES string of the molecule is O=c1n(Cc2ccccc2)c2cccnc2n1[C@H]1CCNC1. The van der Waals surface area contributed by atoms with E-state index >= 15 is 0 Å². The van der Waals surface area contributed by atoms with Gasteiger partial charge >= 0.3 is 5.69 Å². The summed E-state index contributed by atoms with van der Waals surface area (Å²) in [5.41, 5.74) is 2.85. The van der Waals surface area contributed by atoms with Crippen molar-refractivity contribution in [2.24, 2.45) is 0 Å². The van der Waals surface area contributed by atoms with E-state index in [9.17, 15) is 4.79 Å². The molecule has 1 N–H and O–H groups in total. The van der Waals surface area contributed by atoms with E-state index in [0.717, 1.165) is 36.2 Å². The second kappa shape index (κ2) is 5.42. The van der Waals surface area contributed by atoms with Gasteiger partial charge in [-0.25, -0.2) is 9.78 Å². The normalized spacial score (nSPS) is 18.1. The predicted molar refractivity (Wildman–Crippen MR) is 86.1 cm³/mol. The van der Waals surface area contributed by atoms with E-state index in [1.165, 1.54) is 0 Å². The fourth-order valence-corrected chi connectivity index (χ4v) is 3.22. The second-order valence-corrected chi connectivity index (χ2v) is 5.72. The van der Waals surface area contributed by atoms with Crippen LogP contribution in [0.25, 0.3) is 11.2 Å². The molecule has 0 bridgehead atoms. The third-order valence-electron chi connectivity index (χ3n) is 4.31. The van der Waals surface area contributed by atoms with Crippen molar-refractivity contribution in [2.75, 3.05) is 13.1 Å². The van der Waals surface area contributed by atoms with Gasteiger partial charge in [0.05, 0.1) is 18.1 Å². The van der Waals surface area contributed by atoms with E-state index in [4.69, 9.17) is 0 Å². The molecule has 5 heteroatoms. The topological polar surface area (TPSA) is 51.9 Å². The Balaban J connectivity index is 1.87. The summed E-state index contributed by atoms with van der Waals surface area (Å²) in [6.07, 6.45) is 2.73. The molecule has 0 amide bonds. The van der Waals surface area contributed by atoms with Gasteiger partial charge in [0.1, 0.15) is 0 Å². The number of aromatic nitrogens is 3. The summed E-state index contributed by atoms with van der Waals surface area (Å²) in [6, 6.07) is 14.1. The highest BCUT2D eigenvalue weighted by molar-refractivity contribution is 5.71. The molecule has 1 aromatic carbocycles. The standard InChI is InChI=1S/C17H18N4O/c22-17-20(12-13-5-2-1-3-6-13)15-7-4-9-19-16(15)21(17)14-8-10-18-11-14/h1-7,9,14,18H,8,10-12H2/t14-/m0/s1. The lowest BCUT2D eigenvalue weighted by atomic mass is 10.2. The number of nitrogens with one attached hydrogen (secondary N) is 1. The van der Waals surface area contributed by atoms with Crippen molar-refractivity contribution >= 4 is 11.2 Å². The smallest absolute Gasteiger partial charge is 0.315 e. The zero-order valence-corrected chi connectivity index (χ0v) is 12.3. The molecule has 0 aliphatic carbocycles. The van der Waals surface area contributed by atoms with E-state index in [0.29, 0.717) is 6.54 Å². The number of pyridine rings is 1. The van der Waals surface area contributed by atoms with Crippen LogP contribution in [0.2, 0.25) is 0 Å². The van der Waals surface area contributed by atoms with E-state index in [-0.39, 0.29) is 11.7 Å². The molecule has 0 radical (unpaired) electrons. The number of hydrogen-bond acceptors (Lipinski definition) is 3. The molecule has 1 fully saturated rings. The first-order valence-corrected chi connectivity index (χ1v) is 7.65. The lowest BCUT2D eigenvalue weighted by molar-refractivity contribution is 0.528. The Morgan fingerprint density at radius 2 is 2.05 bits per heavy atom. The van der Waals surface area contributed by atoms with Gasteiger partial charge in [-0.1, -0.05) is 30.3 Å². The first kappa shape index (κ1) is 13.3. The third-order valence-corrected chi connectivity index (χ3v) is 4.31. The van der Waals surface area contributed by atoms with E-state index < -0.39 is 0 Å². The molecule has 2 aromatic heterocycles. The Bertz CT molecular complexity index is 844. The monoisotopic (exact) mass is 294 g/mol. The highest BCUT2D eigenvalue weighted by atomic mass is 16.1. The van der Waals surface area contributed by atoms with Gasteiger partial charge in [0, 0.05) is 12.7 Å². The van der Waals surface area contributed by atoms with Gasteiger partial charge in [0.25, 0.3) is 0 Å². The van der Waals surface area contributed by atoms with E-state index in [1.54, 1.807) is 6.20 Å². The largest absolute Gasteiger partial charge is 0.330 e. The summed E-state index contributed by atoms with van der Waals surface area (Å²) in [5, 5.41) is 3.32. The Labute approximate surface area is 128 Å². The summed E-state index contributed by atoms with van der Waals surface area (Å²) >= 11 is 0. The molecule has 1 saturated heterocycles. The molecule has 112 valence electrons. The van der Waals surface area contributed by atoms with Crippen molar-refractivity contribution in [1.29, 1.82) is 0 Å². The summed E-state index contributed by atoms with van der Waals surface area (Å²) in [6.45, 7) is 2.37. The highest BCUT2D eigenvalue weighted by Crippen LogP contribution is 2.20. The van der Waals surface area contributed by atoms with Crippen molar-refractivity contribution in [3.8, 4) is 0 Å². The van der Waals surface area contributed by atoms with E-state index in [1.807, 2.05) is 51.6 Å². The van der Waals surface area contributed by atoms with Crippen LogP contribution in [0.3, 0.4) is 0 Å². The third kappa shape index (κ3) is 2.14. The quantitative estimate of drug-likeness (QED) is 0.801. The average Bonchev–Trinajstić information content (AvgIpc) is 3.16. The van der Waals surface area contributed by atoms with Crippen LogP contribution in [0.15, 0.2) is 53.5 Å². The number of hydrogen-bond donors (Lipinski definition) is 1. The molecule has 0 saturated carbocycles. The highest BCUT2D eigenvalue weighted by Gasteiger charge is 2.23. The van der Waals surface area contributed by atoms with Crippen molar-refractivity contribution < 1.29 is 0 Å². The second-order valence-electron chi connectivity index (χ2n) is 5.72. The summed E-state index contributed by atoms with van der Waals surface area (Å²) < 4.78 is 3.69.